The van der Waals surface area contributed by atoms with Gasteiger partial charge in [-0.3, -0.25) is 4.68 Å². The van der Waals surface area contributed by atoms with Gasteiger partial charge in [-0.1, -0.05) is 21.1 Å². The van der Waals surface area contributed by atoms with Gasteiger partial charge in [0.25, 0.3) is 5.89 Å². The second kappa shape index (κ2) is 3.29. The first kappa shape index (κ1) is 8.43. The van der Waals surface area contributed by atoms with Crippen molar-refractivity contribution in [3.05, 3.63) is 18.2 Å². The summed E-state index contributed by atoms with van der Waals surface area (Å²) in [4.78, 5) is 4.13. The molecule has 2 rings (SSSR count). The first-order valence-corrected chi connectivity index (χ1v) is 4.79. The van der Waals surface area contributed by atoms with E-state index in [9.17, 15) is 0 Å². The molecule has 0 aliphatic rings. The van der Waals surface area contributed by atoms with E-state index in [1.54, 1.807) is 10.9 Å². The Morgan fingerprint density at radius 3 is 3.00 bits per heavy atom. The van der Waals surface area contributed by atoms with Gasteiger partial charge in [0.05, 0.1) is 17.1 Å². The molecule has 0 fully saturated rings. The van der Waals surface area contributed by atoms with E-state index in [0.717, 1.165) is 5.56 Å². The van der Waals surface area contributed by atoms with Gasteiger partial charge in [0.1, 0.15) is 0 Å². The summed E-state index contributed by atoms with van der Waals surface area (Å²) in [5.41, 5.74) is 0.835. The average Bonchev–Trinajstić information content (AvgIpc) is 2.71. The van der Waals surface area contributed by atoms with Crippen LogP contribution < -0.4 is 0 Å². The number of alkyl halides is 1. The van der Waals surface area contributed by atoms with Crippen molar-refractivity contribution in [3.8, 4) is 11.5 Å². The molecule has 0 unspecified atom stereocenters. The topological polar surface area (TPSA) is 56.7 Å². The normalized spacial score (nSPS) is 10.6. The Hall–Kier alpha value is -1.17. The molecule has 0 saturated heterocycles. The molecule has 0 saturated carbocycles. The lowest BCUT2D eigenvalue weighted by Gasteiger charge is -1.83. The largest absolute Gasteiger partial charge is 0.334 e. The van der Waals surface area contributed by atoms with E-state index in [1.807, 2.05) is 13.2 Å². The van der Waals surface area contributed by atoms with Gasteiger partial charge in [0.15, 0.2) is 5.82 Å². The van der Waals surface area contributed by atoms with Crippen LogP contribution in [0.3, 0.4) is 0 Å². The number of hydrogen-bond acceptors (Lipinski definition) is 4. The number of halogens is 1. The second-order valence-corrected chi connectivity index (χ2v) is 3.11. The van der Waals surface area contributed by atoms with Crippen molar-refractivity contribution in [2.24, 2.45) is 7.05 Å². The first-order valence-electron chi connectivity index (χ1n) is 3.67. The van der Waals surface area contributed by atoms with Crippen LogP contribution in [0, 0.1) is 0 Å². The lowest BCUT2D eigenvalue weighted by atomic mass is 10.4. The van der Waals surface area contributed by atoms with Crippen LogP contribution in [0.2, 0.25) is 0 Å². The SMILES string of the molecule is Cn1cc(-c2nc(CBr)no2)cn1. The molecule has 0 radical (unpaired) electrons. The molecular formula is C7H7BrN4O. The zero-order chi connectivity index (χ0) is 9.26. The van der Waals surface area contributed by atoms with E-state index < -0.39 is 0 Å². The molecule has 68 valence electrons. The summed E-state index contributed by atoms with van der Waals surface area (Å²) >= 11 is 3.24. The van der Waals surface area contributed by atoms with Gasteiger partial charge < -0.3 is 4.52 Å². The minimum absolute atomic E-state index is 0.502. The van der Waals surface area contributed by atoms with E-state index in [0.29, 0.717) is 17.0 Å². The Morgan fingerprint density at radius 1 is 1.62 bits per heavy atom. The number of rotatable bonds is 2. The molecule has 0 aromatic carbocycles. The van der Waals surface area contributed by atoms with Gasteiger partial charge in [0, 0.05) is 13.2 Å². The molecule has 0 atom stereocenters. The fourth-order valence-electron chi connectivity index (χ4n) is 0.957. The summed E-state index contributed by atoms with van der Waals surface area (Å²) in [5, 5.41) is 8.35. The summed E-state index contributed by atoms with van der Waals surface area (Å²) in [6.45, 7) is 0. The molecule has 0 amide bonds. The Kier molecular flexibility index (Phi) is 2.13. The molecule has 5 nitrogen and oxygen atoms in total. The zero-order valence-electron chi connectivity index (χ0n) is 6.94. The van der Waals surface area contributed by atoms with Crippen molar-refractivity contribution in [3.63, 3.8) is 0 Å². The van der Waals surface area contributed by atoms with Crippen LogP contribution in [-0.4, -0.2) is 19.9 Å². The van der Waals surface area contributed by atoms with Crippen LogP contribution in [0.25, 0.3) is 11.5 Å². The highest BCUT2D eigenvalue weighted by molar-refractivity contribution is 9.08. The number of nitrogens with zero attached hydrogens (tertiary/aromatic N) is 4. The van der Waals surface area contributed by atoms with Crippen LogP contribution in [0.4, 0.5) is 0 Å². The molecule has 13 heavy (non-hydrogen) atoms. The number of aryl methyl sites for hydroxylation is 1. The highest BCUT2D eigenvalue weighted by Gasteiger charge is 2.08. The van der Waals surface area contributed by atoms with Crippen molar-refractivity contribution < 1.29 is 4.52 Å². The molecule has 2 aromatic rings. The van der Waals surface area contributed by atoms with Gasteiger partial charge >= 0.3 is 0 Å². The van der Waals surface area contributed by atoms with E-state index >= 15 is 0 Å². The molecule has 0 N–H and O–H groups in total. The minimum atomic E-state index is 0.502. The summed E-state index contributed by atoms with van der Waals surface area (Å²) in [6.07, 6.45) is 3.51. The van der Waals surface area contributed by atoms with Crippen molar-refractivity contribution in [1.82, 2.24) is 19.9 Å². The summed E-state index contributed by atoms with van der Waals surface area (Å²) in [6, 6.07) is 0. The third kappa shape index (κ3) is 1.62. The highest BCUT2D eigenvalue weighted by Crippen LogP contribution is 2.15. The van der Waals surface area contributed by atoms with Crippen molar-refractivity contribution >= 4 is 15.9 Å². The Labute approximate surface area is 82.9 Å². The summed E-state index contributed by atoms with van der Waals surface area (Å²) in [7, 11) is 1.84. The molecule has 2 aromatic heterocycles. The Bertz CT molecular complexity index is 408. The minimum Gasteiger partial charge on any atom is -0.334 e. The van der Waals surface area contributed by atoms with Crippen molar-refractivity contribution in [2.75, 3.05) is 0 Å². The summed E-state index contributed by atoms with van der Waals surface area (Å²) < 4.78 is 6.70. The monoisotopic (exact) mass is 242 g/mol. The second-order valence-electron chi connectivity index (χ2n) is 2.55. The van der Waals surface area contributed by atoms with Crippen LogP contribution in [0.5, 0.6) is 0 Å². The van der Waals surface area contributed by atoms with Gasteiger partial charge in [-0.2, -0.15) is 10.1 Å². The predicted molar refractivity (Wildman–Crippen MR) is 49.1 cm³/mol. The van der Waals surface area contributed by atoms with Gasteiger partial charge in [-0.15, -0.1) is 0 Å². The number of hydrogen-bond donors (Lipinski definition) is 0. The maximum absolute atomic E-state index is 5.01. The fraction of sp³-hybridized carbons (Fsp3) is 0.286. The maximum atomic E-state index is 5.01. The quantitative estimate of drug-likeness (QED) is 0.747. The molecular weight excluding hydrogens is 236 g/mol. The van der Waals surface area contributed by atoms with Crippen LogP contribution >= 0.6 is 15.9 Å². The van der Waals surface area contributed by atoms with E-state index in [4.69, 9.17) is 4.52 Å². The van der Waals surface area contributed by atoms with E-state index in [2.05, 4.69) is 31.2 Å². The summed E-state index contributed by atoms with van der Waals surface area (Å²) in [5.74, 6) is 1.14. The third-order valence-electron chi connectivity index (χ3n) is 1.54. The average molecular weight is 243 g/mol. The molecule has 2 heterocycles. The van der Waals surface area contributed by atoms with Crippen LogP contribution in [0.15, 0.2) is 16.9 Å². The molecule has 0 aliphatic carbocycles. The van der Waals surface area contributed by atoms with Gasteiger partial charge in [0.2, 0.25) is 0 Å². The molecule has 0 bridgehead atoms. The maximum Gasteiger partial charge on any atom is 0.261 e. The Morgan fingerprint density at radius 2 is 2.46 bits per heavy atom. The first-order chi connectivity index (χ1) is 6.29. The molecule has 6 heteroatoms. The van der Waals surface area contributed by atoms with Gasteiger partial charge in [-0.05, 0) is 0 Å². The lowest BCUT2D eigenvalue weighted by molar-refractivity contribution is 0.425. The fourth-order valence-corrected chi connectivity index (χ4v) is 1.18. The lowest BCUT2D eigenvalue weighted by Crippen LogP contribution is -1.84. The third-order valence-corrected chi connectivity index (χ3v) is 2.04. The van der Waals surface area contributed by atoms with Crippen molar-refractivity contribution in [2.45, 2.75) is 5.33 Å². The highest BCUT2D eigenvalue weighted by atomic mass is 79.9. The van der Waals surface area contributed by atoms with E-state index in [1.165, 1.54) is 0 Å². The zero-order valence-corrected chi connectivity index (χ0v) is 8.52. The number of aromatic nitrogens is 4. The molecule has 0 aliphatic heterocycles. The van der Waals surface area contributed by atoms with Crippen molar-refractivity contribution in [1.29, 1.82) is 0 Å². The molecule has 0 spiro atoms. The standard InChI is InChI=1S/C7H7BrN4O/c1-12-4-5(3-9-12)7-10-6(2-8)11-13-7/h3-4H,2H2,1H3. The van der Waals surface area contributed by atoms with Gasteiger partial charge in [-0.25, -0.2) is 0 Å². The van der Waals surface area contributed by atoms with E-state index in [-0.39, 0.29) is 0 Å². The Balaban J connectivity index is 2.35. The van der Waals surface area contributed by atoms with Crippen LogP contribution in [-0.2, 0) is 12.4 Å². The van der Waals surface area contributed by atoms with Crippen LogP contribution in [0.1, 0.15) is 5.82 Å². The smallest absolute Gasteiger partial charge is 0.261 e. The predicted octanol–water partition coefficient (Wildman–Crippen LogP) is 1.36.